The van der Waals surface area contributed by atoms with Crippen molar-refractivity contribution in [3.05, 3.63) is 0 Å². The van der Waals surface area contributed by atoms with Crippen LogP contribution in [-0.4, -0.2) is 56.7 Å². The Morgan fingerprint density at radius 3 is 2.65 bits per heavy atom. The zero-order chi connectivity index (χ0) is 15.2. The molecule has 1 heterocycles. The molecular weight excluding hydrogens is 286 g/mol. The Morgan fingerprint density at radius 1 is 1.35 bits per heavy atom. The molecule has 20 heavy (non-hydrogen) atoms. The van der Waals surface area contributed by atoms with Crippen LogP contribution in [0.25, 0.3) is 0 Å². The van der Waals surface area contributed by atoms with Crippen molar-refractivity contribution in [3.8, 4) is 0 Å². The number of methoxy groups -OCH3 is 1. The maximum absolute atomic E-state index is 12.2. The maximum atomic E-state index is 12.2. The van der Waals surface area contributed by atoms with Crippen molar-refractivity contribution in [1.82, 2.24) is 4.31 Å². The van der Waals surface area contributed by atoms with Crippen LogP contribution in [0.5, 0.6) is 0 Å². The Balaban J connectivity index is 2.61. The summed E-state index contributed by atoms with van der Waals surface area (Å²) in [5, 5.41) is 0. The van der Waals surface area contributed by atoms with Crippen LogP contribution in [0.3, 0.4) is 0 Å². The minimum atomic E-state index is -3.55. The number of ether oxygens (including phenoxy) is 2. The van der Waals surface area contributed by atoms with Crippen molar-refractivity contribution in [3.63, 3.8) is 0 Å². The summed E-state index contributed by atoms with van der Waals surface area (Å²) in [6.07, 6.45) is 1.35. The minimum Gasteiger partial charge on any atom is -0.469 e. The Labute approximate surface area is 119 Å². The van der Waals surface area contributed by atoms with Gasteiger partial charge in [-0.15, -0.1) is 0 Å². The van der Waals surface area contributed by atoms with Gasteiger partial charge in [0.15, 0.2) is 0 Å². The van der Waals surface area contributed by atoms with Crippen molar-refractivity contribution in [2.24, 2.45) is 0 Å². The van der Waals surface area contributed by atoms with Gasteiger partial charge in [0, 0.05) is 13.0 Å². The lowest BCUT2D eigenvalue weighted by Gasteiger charge is -2.22. The predicted octanol–water partition coefficient (Wildman–Crippen LogP) is 0.297. The highest BCUT2D eigenvalue weighted by Crippen LogP contribution is 2.23. The lowest BCUT2D eigenvalue weighted by atomic mass is 10.2. The van der Waals surface area contributed by atoms with Crippen LogP contribution in [0.2, 0.25) is 0 Å². The molecule has 0 bridgehead atoms. The lowest BCUT2D eigenvalue weighted by molar-refractivity contribution is -0.147. The number of carbonyl (C=O) groups is 2. The summed E-state index contributed by atoms with van der Waals surface area (Å²) in [4.78, 5) is 22.7. The second-order valence-corrected chi connectivity index (χ2v) is 6.56. The largest absolute Gasteiger partial charge is 0.469 e. The van der Waals surface area contributed by atoms with Gasteiger partial charge in [-0.3, -0.25) is 9.59 Å². The summed E-state index contributed by atoms with van der Waals surface area (Å²) in [6.45, 7) is 2.23. The molecular formula is C12H21NO6S. The van der Waals surface area contributed by atoms with Crippen molar-refractivity contribution in [1.29, 1.82) is 0 Å². The number of rotatable bonds is 7. The summed E-state index contributed by atoms with van der Waals surface area (Å²) in [5.41, 5.74) is 0. The number of hydrogen-bond donors (Lipinski definition) is 0. The molecule has 1 saturated heterocycles. The van der Waals surface area contributed by atoms with Gasteiger partial charge in [0.25, 0.3) is 0 Å². The van der Waals surface area contributed by atoms with Crippen molar-refractivity contribution in [2.75, 3.05) is 26.0 Å². The fraction of sp³-hybridized carbons (Fsp3) is 0.833. The molecule has 8 heteroatoms. The predicted molar refractivity (Wildman–Crippen MR) is 71.4 cm³/mol. The van der Waals surface area contributed by atoms with Crippen molar-refractivity contribution >= 4 is 22.0 Å². The van der Waals surface area contributed by atoms with Crippen LogP contribution in [0.15, 0.2) is 0 Å². The summed E-state index contributed by atoms with van der Waals surface area (Å²) in [7, 11) is -2.29. The molecule has 1 aliphatic rings. The van der Waals surface area contributed by atoms with Crippen molar-refractivity contribution < 1.29 is 27.5 Å². The molecule has 0 radical (unpaired) electrons. The summed E-state index contributed by atoms with van der Waals surface area (Å²) < 4.78 is 34.9. The molecule has 0 aromatic heterocycles. The van der Waals surface area contributed by atoms with Gasteiger partial charge in [0.2, 0.25) is 10.0 Å². The van der Waals surface area contributed by atoms with E-state index in [-0.39, 0.29) is 25.2 Å². The second kappa shape index (κ2) is 7.58. The van der Waals surface area contributed by atoms with E-state index in [1.54, 1.807) is 6.92 Å². The molecule has 1 atom stereocenters. The van der Waals surface area contributed by atoms with Crippen LogP contribution in [0.1, 0.15) is 32.6 Å². The molecule has 0 amide bonds. The molecule has 0 aliphatic carbocycles. The van der Waals surface area contributed by atoms with E-state index in [2.05, 4.69) is 4.74 Å². The van der Waals surface area contributed by atoms with Gasteiger partial charge in [0.05, 0.1) is 19.5 Å². The van der Waals surface area contributed by atoms with Crippen molar-refractivity contribution in [2.45, 2.75) is 38.6 Å². The molecule has 0 aromatic rings. The molecule has 1 unspecified atom stereocenters. The van der Waals surface area contributed by atoms with Crippen LogP contribution < -0.4 is 0 Å². The van der Waals surface area contributed by atoms with E-state index in [9.17, 15) is 18.0 Å². The highest BCUT2D eigenvalue weighted by molar-refractivity contribution is 7.89. The maximum Gasteiger partial charge on any atom is 0.324 e. The zero-order valence-electron chi connectivity index (χ0n) is 11.8. The molecule has 116 valence electrons. The quantitative estimate of drug-likeness (QED) is 0.628. The molecule has 1 fully saturated rings. The first-order chi connectivity index (χ1) is 9.42. The van der Waals surface area contributed by atoms with Gasteiger partial charge in [-0.1, -0.05) is 0 Å². The number of carbonyl (C=O) groups excluding carboxylic acids is 2. The molecule has 1 aliphatic heterocycles. The number of esters is 2. The van der Waals surface area contributed by atoms with E-state index in [4.69, 9.17) is 4.74 Å². The first kappa shape index (κ1) is 16.9. The molecule has 7 nitrogen and oxygen atoms in total. The third kappa shape index (κ3) is 4.45. The van der Waals surface area contributed by atoms with E-state index in [1.807, 2.05) is 0 Å². The number of hydrogen-bond acceptors (Lipinski definition) is 6. The van der Waals surface area contributed by atoms with Crippen LogP contribution in [0.4, 0.5) is 0 Å². The van der Waals surface area contributed by atoms with Gasteiger partial charge in [-0.25, -0.2) is 8.42 Å². The summed E-state index contributed by atoms with van der Waals surface area (Å²) >= 11 is 0. The van der Waals surface area contributed by atoms with Crippen LogP contribution >= 0.6 is 0 Å². The normalized spacial score (nSPS) is 19.8. The third-order valence-electron chi connectivity index (χ3n) is 3.13. The smallest absolute Gasteiger partial charge is 0.324 e. The Morgan fingerprint density at radius 2 is 2.05 bits per heavy atom. The Hall–Kier alpha value is -1.15. The minimum absolute atomic E-state index is 0.0492. The van der Waals surface area contributed by atoms with Crippen LogP contribution in [-0.2, 0) is 29.1 Å². The fourth-order valence-corrected chi connectivity index (χ4v) is 3.90. The standard InChI is InChI=1S/C12H21NO6S/c1-3-19-12(15)10-6-4-8-13(10)20(16,17)9-5-7-11(14)18-2/h10H,3-9H2,1-2H3. The monoisotopic (exact) mass is 307 g/mol. The van der Waals surface area contributed by atoms with E-state index in [1.165, 1.54) is 11.4 Å². The molecule has 0 aromatic carbocycles. The number of nitrogens with zero attached hydrogens (tertiary/aromatic N) is 1. The topological polar surface area (TPSA) is 90.0 Å². The van der Waals surface area contributed by atoms with Crippen LogP contribution in [0, 0.1) is 0 Å². The van der Waals surface area contributed by atoms with Gasteiger partial charge < -0.3 is 9.47 Å². The van der Waals surface area contributed by atoms with Gasteiger partial charge in [-0.2, -0.15) is 4.31 Å². The Bertz CT molecular complexity index is 447. The highest BCUT2D eigenvalue weighted by Gasteiger charge is 2.39. The molecule has 0 saturated carbocycles. The Kier molecular flexibility index (Phi) is 6.41. The summed E-state index contributed by atoms with van der Waals surface area (Å²) in [6, 6.07) is -0.724. The van der Waals surface area contributed by atoms with Gasteiger partial charge in [-0.05, 0) is 26.2 Å². The molecule has 0 N–H and O–H groups in total. The SMILES string of the molecule is CCOC(=O)C1CCCN1S(=O)(=O)CCCC(=O)OC. The lowest BCUT2D eigenvalue weighted by Crippen LogP contribution is -2.42. The first-order valence-electron chi connectivity index (χ1n) is 6.65. The van der Waals surface area contributed by atoms with E-state index in [0.29, 0.717) is 19.4 Å². The zero-order valence-corrected chi connectivity index (χ0v) is 12.6. The molecule has 0 spiro atoms. The van der Waals surface area contributed by atoms with Gasteiger partial charge >= 0.3 is 11.9 Å². The summed E-state index contributed by atoms with van der Waals surface area (Å²) in [5.74, 6) is -1.11. The number of sulfonamides is 1. The van der Waals surface area contributed by atoms with E-state index >= 15 is 0 Å². The average Bonchev–Trinajstić information content (AvgIpc) is 2.88. The third-order valence-corrected chi connectivity index (χ3v) is 5.09. The van der Waals surface area contributed by atoms with E-state index < -0.39 is 28.0 Å². The average molecular weight is 307 g/mol. The second-order valence-electron chi connectivity index (χ2n) is 4.52. The molecule has 1 rings (SSSR count). The van der Waals surface area contributed by atoms with E-state index in [0.717, 1.165) is 0 Å². The fourth-order valence-electron chi connectivity index (χ4n) is 2.17. The first-order valence-corrected chi connectivity index (χ1v) is 8.26. The highest BCUT2D eigenvalue weighted by atomic mass is 32.2. The van der Waals surface area contributed by atoms with Gasteiger partial charge in [0.1, 0.15) is 6.04 Å².